The molecule has 0 aromatic heterocycles. The van der Waals surface area contributed by atoms with Gasteiger partial charge in [0, 0.05) is 37.3 Å². The molecule has 0 aliphatic carbocycles. The minimum Gasteiger partial charge on any atom is -0.371 e. The number of likely N-dealkylation sites (N-methyl/N-ethyl adjacent to an activating group) is 1. The summed E-state index contributed by atoms with van der Waals surface area (Å²) in [4.78, 5) is 17.7. The van der Waals surface area contributed by atoms with Gasteiger partial charge in [0.05, 0.1) is 0 Å². The quantitative estimate of drug-likeness (QED) is 0.639. The summed E-state index contributed by atoms with van der Waals surface area (Å²) in [5.74, 6) is 1.02. The van der Waals surface area contributed by atoms with Gasteiger partial charge in [0.2, 0.25) is 0 Å². The number of hydrogen-bond donors (Lipinski definition) is 0. The summed E-state index contributed by atoms with van der Waals surface area (Å²) in [6.45, 7) is 7.68. The van der Waals surface area contributed by atoms with E-state index in [1.807, 2.05) is 6.07 Å². The Morgan fingerprint density at radius 3 is 2.57 bits per heavy atom. The molecule has 4 rings (SSSR count). The average molecular weight is 377 g/mol. The fourth-order valence-electron chi connectivity index (χ4n) is 4.73. The van der Waals surface area contributed by atoms with Gasteiger partial charge in [-0.05, 0) is 80.9 Å². The third kappa shape index (κ3) is 4.47. The highest BCUT2D eigenvalue weighted by atomic mass is 16.1. The predicted octanol–water partition coefficient (Wildman–Crippen LogP) is 4.94. The van der Waals surface area contributed by atoms with Gasteiger partial charge in [-0.1, -0.05) is 30.3 Å². The van der Waals surface area contributed by atoms with E-state index >= 15 is 0 Å². The summed E-state index contributed by atoms with van der Waals surface area (Å²) in [6.07, 6.45) is 5.24. The Kier molecular flexibility index (Phi) is 6.11. The van der Waals surface area contributed by atoms with Gasteiger partial charge in [-0.25, -0.2) is 0 Å². The van der Waals surface area contributed by atoms with Crippen LogP contribution in [0.15, 0.2) is 48.5 Å². The molecule has 0 spiro atoms. The number of Topliss-reactive ketones (excluding diaryl/α,β-unsaturated/α-hetero) is 1. The summed E-state index contributed by atoms with van der Waals surface area (Å²) in [7, 11) is 0. The monoisotopic (exact) mass is 376 g/mol. The van der Waals surface area contributed by atoms with Crippen LogP contribution in [0.4, 0.5) is 5.69 Å². The van der Waals surface area contributed by atoms with Gasteiger partial charge in [-0.2, -0.15) is 0 Å². The molecule has 2 aromatic carbocycles. The van der Waals surface area contributed by atoms with Crippen molar-refractivity contribution in [1.29, 1.82) is 0 Å². The molecular weight excluding hydrogens is 344 g/mol. The van der Waals surface area contributed by atoms with E-state index in [1.54, 1.807) is 0 Å². The number of benzene rings is 2. The predicted molar refractivity (Wildman–Crippen MR) is 116 cm³/mol. The SMILES string of the molecule is CCN1CCc2cc(C(=O)CCC3CCN(Cc4ccccc4)CC3)ccc21. The molecule has 1 saturated heterocycles. The van der Waals surface area contributed by atoms with Crippen molar-refractivity contribution in [2.75, 3.05) is 31.1 Å². The molecule has 0 N–H and O–H groups in total. The van der Waals surface area contributed by atoms with Crippen LogP contribution in [0.2, 0.25) is 0 Å². The molecule has 0 amide bonds. The standard InChI is InChI=1S/C25H32N2O/c1-2-27-17-14-22-18-23(9-10-24(22)27)25(28)11-8-20-12-15-26(16-13-20)19-21-6-4-3-5-7-21/h3-7,9-10,18,20H,2,8,11-17,19H2,1H3. The van der Waals surface area contributed by atoms with Gasteiger partial charge in [-0.3, -0.25) is 9.69 Å². The van der Waals surface area contributed by atoms with Crippen molar-refractivity contribution in [3.8, 4) is 0 Å². The lowest BCUT2D eigenvalue weighted by Crippen LogP contribution is -2.33. The molecular formula is C25H32N2O. The summed E-state index contributed by atoms with van der Waals surface area (Å²) >= 11 is 0. The largest absolute Gasteiger partial charge is 0.371 e. The first-order valence-electron chi connectivity index (χ1n) is 10.9. The summed E-state index contributed by atoms with van der Waals surface area (Å²) in [6, 6.07) is 17.1. The number of nitrogens with zero attached hydrogens (tertiary/aromatic N) is 2. The van der Waals surface area contributed by atoms with Crippen LogP contribution < -0.4 is 4.90 Å². The topological polar surface area (TPSA) is 23.6 Å². The Hall–Kier alpha value is -2.13. The van der Waals surface area contributed by atoms with Crippen LogP contribution in [0.5, 0.6) is 0 Å². The van der Waals surface area contributed by atoms with Crippen molar-refractivity contribution in [2.24, 2.45) is 5.92 Å². The van der Waals surface area contributed by atoms with E-state index in [-0.39, 0.29) is 0 Å². The second kappa shape index (κ2) is 8.91. The Bertz CT molecular complexity index is 793. The number of fused-ring (bicyclic) bond motifs is 1. The normalized spacial score (nSPS) is 17.7. The maximum absolute atomic E-state index is 12.7. The summed E-state index contributed by atoms with van der Waals surface area (Å²) in [5.41, 5.74) is 4.99. The van der Waals surface area contributed by atoms with Crippen molar-refractivity contribution < 1.29 is 4.79 Å². The van der Waals surface area contributed by atoms with Crippen molar-refractivity contribution in [1.82, 2.24) is 4.90 Å². The number of likely N-dealkylation sites (tertiary alicyclic amines) is 1. The maximum Gasteiger partial charge on any atom is 0.162 e. The molecule has 28 heavy (non-hydrogen) atoms. The molecule has 2 heterocycles. The third-order valence-electron chi connectivity index (χ3n) is 6.51. The highest BCUT2D eigenvalue weighted by molar-refractivity contribution is 5.96. The molecule has 3 nitrogen and oxygen atoms in total. The van der Waals surface area contributed by atoms with Crippen LogP contribution in [0.1, 0.15) is 54.1 Å². The van der Waals surface area contributed by atoms with E-state index in [2.05, 4.69) is 59.2 Å². The third-order valence-corrected chi connectivity index (χ3v) is 6.51. The number of hydrogen-bond acceptors (Lipinski definition) is 3. The van der Waals surface area contributed by atoms with Crippen LogP contribution >= 0.6 is 0 Å². The molecule has 3 heteroatoms. The number of rotatable bonds is 7. The molecule has 2 aromatic rings. The van der Waals surface area contributed by atoms with Crippen molar-refractivity contribution in [2.45, 2.75) is 45.6 Å². The molecule has 0 bridgehead atoms. The van der Waals surface area contributed by atoms with Gasteiger partial charge in [0.15, 0.2) is 5.78 Å². The highest BCUT2D eigenvalue weighted by Crippen LogP contribution is 2.29. The lowest BCUT2D eigenvalue weighted by Gasteiger charge is -2.32. The molecule has 2 aliphatic rings. The molecule has 2 aliphatic heterocycles. The van der Waals surface area contributed by atoms with Crippen molar-refractivity contribution in [3.05, 3.63) is 65.2 Å². The fourth-order valence-corrected chi connectivity index (χ4v) is 4.73. The second-order valence-electron chi connectivity index (χ2n) is 8.34. The molecule has 0 saturated carbocycles. The highest BCUT2D eigenvalue weighted by Gasteiger charge is 2.22. The average Bonchev–Trinajstić information content (AvgIpc) is 3.16. The van der Waals surface area contributed by atoms with Gasteiger partial charge in [-0.15, -0.1) is 0 Å². The molecule has 0 radical (unpaired) electrons. The van der Waals surface area contributed by atoms with Gasteiger partial charge in [0.1, 0.15) is 0 Å². The number of ketones is 1. The Morgan fingerprint density at radius 1 is 1.04 bits per heavy atom. The van der Waals surface area contributed by atoms with Crippen LogP contribution in [0.25, 0.3) is 0 Å². The van der Waals surface area contributed by atoms with E-state index in [1.165, 1.54) is 29.7 Å². The van der Waals surface area contributed by atoms with Crippen molar-refractivity contribution in [3.63, 3.8) is 0 Å². The number of carbonyl (C=O) groups excluding carboxylic acids is 1. The lowest BCUT2D eigenvalue weighted by atomic mass is 9.90. The maximum atomic E-state index is 12.7. The van der Waals surface area contributed by atoms with E-state index in [0.717, 1.165) is 51.1 Å². The number of piperidine rings is 1. The Balaban J connectivity index is 1.24. The van der Waals surface area contributed by atoms with Crippen LogP contribution in [-0.4, -0.2) is 36.9 Å². The first kappa shape index (κ1) is 19.2. The Labute approximate surface area is 169 Å². The van der Waals surface area contributed by atoms with E-state index < -0.39 is 0 Å². The Morgan fingerprint density at radius 2 is 1.82 bits per heavy atom. The zero-order valence-corrected chi connectivity index (χ0v) is 17.1. The minimum absolute atomic E-state index is 0.324. The number of anilines is 1. The van der Waals surface area contributed by atoms with Gasteiger partial charge < -0.3 is 4.90 Å². The molecule has 0 unspecified atom stereocenters. The zero-order chi connectivity index (χ0) is 19.3. The first-order valence-corrected chi connectivity index (χ1v) is 10.9. The minimum atomic E-state index is 0.324. The molecule has 148 valence electrons. The first-order chi connectivity index (χ1) is 13.7. The fraction of sp³-hybridized carbons (Fsp3) is 0.480. The summed E-state index contributed by atoms with van der Waals surface area (Å²) in [5, 5.41) is 0. The lowest BCUT2D eigenvalue weighted by molar-refractivity contribution is 0.0961. The van der Waals surface area contributed by atoms with E-state index in [9.17, 15) is 4.79 Å². The molecule has 1 fully saturated rings. The van der Waals surface area contributed by atoms with Gasteiger partial charge in [0.25, 0.3) is 0 Å². The molecule has 0 atom stereocenters. The van der Waals surface area contributed by atoms with Crippen molar-refractivity contribution >= 4 is 11.5 Å². The van der Waals surface area contributed by atoms with Crippen LogP contribution in [0, 0.1) is 5.92 Å². The zero-order valence-electron chi connectivity index (χ0n) is 17.1. The summed E-state index contributed by atoms with van der Waals surface area (Å²) < 4.78 is 0. The number of carbonyl (C=O) groups is 1. The smallest absolute Gasteiger partial charge is 0.162 e. The van der Waals surface area contributed by atoms with E-state index in [0.29, 0.717) is 18.1 Å². The van der Waals surface area contributed by atoms with Crippen LogP contribution in [-0.2, 0) is 13.0 Å². The second-order valence-corrected chi connectivity index (χ2v) is 8.34. The van der Waals surface area contributed by atoms with Crippen LogP contribution in [0.3, 0.4) is 0 Å². The van der Waals surface area contributed by atoms with Gasteiger partial charge >= 0.3 is 0 Å². The van der Waals surface area contributed by atoms with E-state index in [4.69, 9.17) is 0 Å².